The molecule has 0 radical (unpaired) electrons. The van der Waals surface area contributed by atoms with E-state index in [4.69, 9.17) is 23.8 Å². The minimum atomic E-state index is -0.354. The lowest BCUT2D eigenvalue weighted by atomic mass is 10.2. The van der Waals surface area contributed by atoms with Gasteiger partial charge in [-0.3, -0.25) is 0 Å². The molecular weight excluding hydrogens is 223 g/mol. The Morgan fingerprint density at radius 3 is 2.71 bits per heavy atom. The van der Waals surface area contributed by atoms with E-state index in [-0.39, 0.29) is 5.82 Å². The Kier molecular flexibility index (Phi) is 2.39. The molecule has 0 unspecified atom stereocenters. The van der Waals surface area contributed by atoms with Crippen LogP contribution in [0.4, 0.5) is 4.39 Å². The maximum atomic E-state index is 12.7. The van der Waals surface area contributed by atoms with E-state index in [0.717, 1.165) is 11.3 Å². The van der Waals surface area contributed by atoms with E-state index in [1.165, 1.54) is 12.1 Å². The summed E-state index contributed by atoms with van der Waals surface area (Å²) in [7, 11) is 0. The molecule has 0 spiro atoms. The van der Waals surface area contributed by atoms with Crippen molar-refractivity contribution in [1.82, 2.24) is 9.97 Å². The SMILES string of the molecule is Fc1ccc(-c2c[nH]c(=S)[nH]2)c(Cl)c1. The average Bonchev–Trinajstić information content (AvgIpc) is 2.51. The summed E-state index contributed by atoms with van der Waals surface area (Å²) in [6.07, 6.45) is 1.70. The van der Waals surface area contributed by atoms with E-state index in [0.29, 0.717) is 9.79 Å². The van der Waals surface area contributed by atoms with Gasteiger partial charge in [0.2, 0.25) is 0 Å². The Morgan fingerprint density at radius 2 is 2.14 bits per heavy atom. The van der Waals surface area contributed by atoms with Crippen molar-refractivity contribution in [2.75, 3.05) is 0 Å². The highest BCUT2D eigenvalue weighted by Crippen LogP contribution is 2.26. The van der Waals surface area contributed by atoms with Crippen LogP contribution in [0.25, 0.3) is 11.3 Å². The number of halogens is 2. The molecule has 1 heterocycles. The van der Waals surface area contributed by atoms with Crippen molar-refractivity contribution >= 4 is 23.8 Å². The van der Waals surface area contributed by atoms with E-state index >= 15 is 0 Å². The number of hydrogen-bond acceptors (Lipinski definition) is 1. The normalized spacial score (nSPS) is 10.4. The number of H-pyrrole nitrogens is 2. The third-order valence-corrected chi connectivity index (χ3v) is 2.35. The molecule has 0 aliphatic carbocycles. The number of aromatic amines is 2. The maximum Gasteiger partial charge on any atom is 0.174 e. The molecular formula is C9H6ClFN2S. The average molecular weight is 229 g/mol. The zero-order valence-electron chi connectivity index (χ0n) is 6.97. The molecule has 1 aromatic carbocycles. The predicted molar refractivity (Wildman–Crippen MR) is 56.4 cm³/mol. The highest BCUT2D eigenvalue weighted by molar-refractivity contribution is 7.71. The third-order valence-electron chi connectivity index (χ3n) is 1.82. The largest absolute Gasteiger partial charge is 0.337 e. The summed E-state index contributed by atoms with van der Waals surface area (Å²) in [5.41, 5.74) is 1.47. The van der Waals surface area contributed by atoms with E-state index in [9.17, 15) is 4.39 Å². The van der Waals surface area contributed by atoms with Gasteiger partial charge in [0.1, 0.15) is 5.82 Å². The van der Waals surface area contributed by atoms with Gasteiger partial charge in [-0.05, 0) is 30.4 Å². The molecule has 2 nitrogen and oxygen atoms in total. The van der Waals surface area contributed by atoms with Crippen LogP contribution in [0.3, 0.4) is 0 Å². The Hall–Kier alpha value is -1.13. The van der Waals surface area contributed by atoms with Crippen LogP contribution in [0.2, 0.25) is 5.02 Å². The van der Waals surface area contributed by atoms with Crippen LogP contribution >= 0.6 is 23.8 Å². The summed E-state index contributed by atoms with van der Waals surface area (Å²) in [6, 6.07) is 4.22. The van der Waals surface area contributed by atoms with Gasteiger partial charge in [0, 0.05) is 11.8 Å². The number of aromatic nitrogens is 2. The molecule has 0 aliphatic rings. The molecule has 0 atom stereocenters. The van der Waals surface area contributed by atoms with Crippen LogP contribution in [0.1, 0.15) is 0 Å². The van der Waals surface area contributed by atoms with Crippen molar-refractivity contribution in [2.45, 2.75) is 0 Å². The Morgan fingerprint density at radius 1 is 1.36 bits per heavy atom. The van der Waals surface area contributed by atoms with E-state index in [1.807, 2.05) is 0 Å². The van der Waals surface area contributed by atoms with E-state index in [2.05, 4.69) is 9.97 Å². The molecule has 0 saturated carbocycles. The number of rotatable bonds is 1. The Bertz CT molecular complexity index is 518. The molecule has 14 heavy (non-hydrogen) atoms. The highest BCUT2D eigenvalue weighted by atomic mass is 35.5. The van der Waals surface area contributed by atoms with Crippen LogP contribution < -0.4 is 0 Å². The lowest BCUT2D eigenvalue weighted by Gasteiger charge is -2.00. The number of benzene rings is 1. The summed E-state index contributed by atoms with van der Waals surface area (Å²) >= 11 is 10.7. The van der Waals surface area contributed by atoms with E-state index in [1.54, 1.807) is 12.3 Å². The first-order chi connectivity index (χ1) is 6.66. The predicted octanol–water partition coefficient (Wildman–Crippen LogP) is 3.53. The second-order valence-electron chi connectivity index (χ2n) is 2.78. The molecule has 2 N–H and O–H groups in total. The van der Waals surface area contributed by atoms with Crippen molar-refractivity contribution in [2.24, 2.45) is 0 Å². The van der Waals surface area contributed by atoms with Crippen molar-refractivity contribution < 1.29 is 4.39 Å². The lowest BCUT2D eigenvalue weighted by Crippen LogP contribution is -1.81. The fraction of sp³-hybridized carbons (Fsp3) is 0. The smallest absolute Gasteiger partial charge is 0.174 e. The van der Waals surface area contributed by atoms with Crippen molar-refractivity contribution in [3.05, 3.63) is 40.0 Å². The molecule has 0 aliphatic heterocycles. The van der Waals surface area contributed by atoms with E-state index < -0.39 is 0 Å². The Labute approximate surface area is 89.7 Å². The van der Waals surface area contributed by atoms with Gasteiger partial charge in [-0.2, -0.15) is 0 Å². The summed E-state index contributed by atoms with van der Waals surface area (Å²) in [5, 5.41) is 0.357. The van der Waals surface area contributed by atoms with Gasteiger partial charge in [-0.15, -0.1) is 0 Å². The number of imidazole rings is 1. The summed E-state index contributed by atoms with van der Waals surface area (Å²) < 4.78 is 13.3. The number of hydrogen-bond donors (Lipinski definition) is 2. The first-order valence-corrected chi connectivity index (χ1v) is 4.68. The highest BCUT2D eigenvalue weighted by Gasteiger charge is 2.05. The third kappa shape index (κ3) is 1.71. The van der Waals surface area contributed by atoms with Crippen molar-refractivity contribution in [3.8, 4) is 11.3 Å². The van der Waals surface area contributed by atoms with Gasteiger partial charge in [0.15, 0.2) is 4.77 Å². The first-order valence-electron chi connectivity index (χ1n) is 3.90. The Balaban J connectivity index is 2.57. The fourth-order valence-electron chi connectivity index (χ4n) is 1.19. The minimum Gasteiger partial charge on any atom is -0.337 e. The van der Waals surface area contributed by atoms with Gasteiger partial charge in [-0.25, -0.2) is 4.39 Å². The molecule has 0 amide bonds. The molecule has 2 aromatic rings. The van der Waals surface area contributed by atoms with Crippen LogP contribution in [0.15, 0.2) is 24.4 Å². The summed E-state index contributed by atoms with van der Waals surface area (Å²) in [4.78, 5) is 5.72. The maximum absolute atomic E-state index is 12.7. The fourth-order valence-corrected chi connectivity index (χ4v) is 1.62. The van der Waals surface area contributed by atoms with Gasteiger partial charge >= 0.3 is 0 Å². The van der Waals surface area contributed by atoms with Crippen molar-refractivity contribution in [1.29, 1.82) is 0 Å². The molecule has 0 saturated heterocycles. The quantitative estimate of drug-likeness (QED) is 0.719. The van der Waals surface area contributed by atoms with Crippen molar-refractivity contribution in [3.63, 3.8) is 0 Å². The minimum absolute atomic E-state index is 0.354. The van der Waals surface area contributed by atoms with Crippen LogP contribution in [-0.4, -0.2) is 9.97 Å². The monoisotopic (exact) mass is 228 g/mol. The molecule has 5 heteroatoms. The summed E-state index contributed by atoms with van der Waals surface area (Å²) in [6.45, 7) is 0. The van der Waals surface area contributed by atoms with Crippen LogP contribution in [0.5, 0.6) is 0 Å². The molecule has 2 rings (SSSR count). The number of nitrogens with one attached hydrogen (secondary N) is 2. The second kappa shape index (κ2) is 3.55. The molecule has 1 aromatic heterocycles. The van der Waals surface area contributed by atoms with Gasteiger partial charge in [0.25, 0.3) is 0 Å². The standard InChI is InChI=1S/C9H6ClFN2S/c10-7-3-5(11)1-2-6(7)8-4-12-9(14)13-8/h1-4H,(H2,12,13,14). The first kappa shape index (κ1) is 9.43. The molecule has 72 valence electrons. The summed E-state index contributed by atoms with van der Waals surface area (Å²) in [5.74, 6) is -0.354. The van der Waals surface area contributed by atoms with Gasteiger partial charge in [0.05, 0.1) is 10.7 Å². The second-order valence-corrected chi connectivity index (χ2v) is 3.60. The van der Waals surface area contributed by atoms with Crippen LogP contribution in [0, 0.1) is 10.6 Å². The molecule has 0 bridgehead atoms. The van der Waals surface area contributed by atoms with Gasteiger partial charge in [-0.1, -0.05) is 11.6 Å². The topological polar surface area (TPSA) is 31.6 Å². The zero-order chi connectivity index (χ0) is 10.1. The lowest BCUT2D eigenvalue weighted by molar-refractivity contribution is 0.628. The van der Waals surface area contributed by atoms with Crippen LogP contribution in [-0.2, 0) is 0 Å². The molecule has 0 fully saturated rings. The van der Waals surface area contributed by atoms with Gasteiger partial charge < -0.3 is 9.97 Å². The zero-order valence-corrected chi connectivity index (χ0v) is 8.55.